The van der Waals surface area contributed by atoms with Crippen LogP contribution in [0.2, 0.25) is 0 Å². The van der Waals surface area contributed by atoms with Gasteiger partial charge >= 0.3 is 0 Å². The molecule has 1 atom stereocenters. The molecule has 0 aromatic heterocycles. The first-order valence-electron chi connectivity index (χ1n) is 4.14. The monoisotopic (exact) mass is 152 g/mol. The third-order valence-corrected chi connectivity index (χ3v) is 2.21. The zero-order valence-corrected chi connectivity index (χ0v) is 7.52. The van der Waals surface area contributed by atoms with Gasteiger partial charge in [-0.25, -0.2) is 0 Å². The summed E-state index contributed by atoms with van der Waals surface area (Å²) in [5.74, 6) is 0.658. The molecule has 1 rings (SSSR count). The van der Waals surface area contributed by atoms with Crippen LogP contribution >= 0.6 is 0 Å². The zero-order valence-electron chi connectivity index (χ0n) is 7.52. The van der Waals surface area contributed by atoms with E-state index in [2.05, 4.69) is 24.8 Å². The van der Waals surface area contributed by atoms with Gasteiger partial charge in [-0.3, -0.25) is 5.41 Å². The molecule has 0 aromatic carbocycles. The second-order valence-electron chi connectivity index (χ2n) is 3.23. The molecule has 11 heavy (non-hydrogen) atoms. The molecule has 0 radical (unpaired) electrons. The van der Waals surface area contributed by atoms with Gasteiger partial charge in [0, 0.05) is 11.7 Å². The number of hydrogen-bond donors (Lipinski definition) is 1. The summed E-state index contributed by atoms with van der Waals surface area (Å²) in [5, 5.41) is 7.53. The Morgan fingerprint density at radius 1 is 1.73 bits per heavy atom. The van der Waals surface area contributed by atoms with Gasteiger partial charge in [0.15, 0.2) is 0 Å². The first kappa shape index (κ1) is 8.31. The third-order valence-electron chi connectivity index (χ3n) is 2.21. The van der Waals surface area contributed by atoms with Crippen molar-refractivity contribution in [1.82, 2.24) is 4.90 Å². The second-order valence-corrected chi connectivity index (χ2v) is 3.23. The molecule has 0 saturated heterocycles. The van der Waals surface area contributed by atoms with Crippen molar-refractivity contribution in [3.05, 3.63) is 11.8 Å². The quantitative estimate of drug-likeness (QED) is 0.418. The fourth-order valence-corrected chi connectivity index (χ4v) is 1.70. The molecular weight excluding hydrogens is 136 g/mol. The fourth-order valence-electron chi connectivity index (χ4n) is 1.70. The molecule has 0 spiro atoms. The smallest absolute Gasteiger partial charge is 0.0970 e. The molecule has 0 amide bonds. The van der Waals surface area contributed by atoms with E-state index in [1.54, 1.807) is 0 Å². The maximum absolute atomic E-state index is 7.53. The summed E-state index contributed by atoms with van der Waals surface area (Å²) in [4.78, 5) is 2.09. The molecule has 2 nitrogen and oxygen atoms in total. The Hall–Kier alpha value is -0.790. The molecule has 1 aliphatic heterocycles. The molecule has 0 fully saturated rings. The van der Waals surface area contributed by atoms with Crippen LogP contribution in [0, 0.1) is 5.41 Å². The van der Waals surface area contributed by atoms with E-state index in [1.807, 2.05) is 6.92 Å². The number of amidine groups is 1. The standard InChI is InChI=1S/C9H16N2/c1-7-5-4-6-8(2)11(7)9(3)10/h5,8,10H,4,6H2,1-3H3. The first-order chi connectivity index (χ1) is 5.13. The van der Waals surface area contributed by atoms with Crippen molar-refractivity contribution in [2.75, 3.05) is 0 Å². The Morgan fingerprint density at radius 2 is 2.36 bits per heavy atom. The maximum Gasteiger partial charge on any atom is 0.0970 e. The average molecular weight is 152 g/mol. The van der Waals surface area contributed by atoms with Gasteiger partial charge in [-0.15, -0.1) is 0 Å². The van der Waals surface area contributed by atoms with E-state index in [-0.39, 0.29) is 0 Å². The van der Waals surface area contributed by atoms with Crippen LogP contribution in [0.3, 0.4) is 0 Å². The Balaban J connectivity index is 2.80. The number of hydrogen-bond acceptors (Lipinski definition) is 1. The molecule has 0 aromatic rings. The number of nitrogens with zero attached hydrogens (tertiary/aromatic N) is 1. The average Bonchev–Trinajstić information content (AvgIpc) is 1.85. The van der Waals surface area contributed by atoms with E-state index in [9.17, 15) is 0 Å². The molecular formula is C9H16N2. The van der Waals surface area contributed by atoms with Crippen LogP contribution in [-0.2, 0) is 0 Å². The number of allylic oxidation sites excluding steroid dienone is 2. The molecule has 0 aliphatic carbocycles. The van der Waals surface area contributed by atoms with Crippen molar-refractivity contribution in [3.8, 4) is 0 Å². The highest BCUT2D eigenvalue weighted by Crippen LogP contribution is 2.20. The van der Waals surface area contributed by atoms with Crippen LogP contribution in [0.15, 0.2) is 11.8 Å². The van der Waals surface area contributed by atoms with Gasteiger partial charge in [0.05, 0.1) is 5.84 Å². The van der Waals surface area contributed by atoms with E-state index in [1.165, 1.54) is 12.1 Å². The third kappa shape index (κ3) is 1.62. The van der Waals surface area contributed by atoms with Gasteiger partial charge in [-0.05, 0) is 33.6 Å². The summed E-state index contributed by atoms with van der Waals surface area (Å²) in [6, 6.07) is 0.512. The molecule has 0 saturated carbocycles. The largest absolute Gasteiger partial charge is 0.332 e. The SMILES string of the molecule is CC(=N)N1C(C)=CCCC1C. The Morgan fingerprint density at radius 3 is 2.73 bits per heavy atom. The molecule has 1 heterocycles. The zero-order chi connectivity index (χ0) is 8.43. The minimum Gasteiger partial charge on any atom is -0.332 e. The van der Waals surface area contributed by atoms with Crippen LogP contribution in [0.4, 0.5) is 0 Å². The Labute approximate surface area is 68.4 Å². The molecule has 2 heteroatoms. The van der Waals surface area contributed by atoms with E-state index in [0.29, 0.717) is 11.9 Å². The van der Waals surface area contributed by atoms with Crippen LogP contribution in [0.1, 0.15) is 33.6 Å². The van der Waals surface area contributed by atoms with Gasteiger partial charge in [0.1, 0.15) is 0 Å². The van der Waals surface area contributed by atoms with Crippen molar-refractivity contribution in [1.29, 1.82) is 5.41 Å². The predicted octanol–water partition coefficient (Wildman–Crippen LogP) is 2.37. The van der Waals surface area contributed by atoms with Crippen LogP contribution in [-0.4, -0.2) is 16.8 Å². The van der Waals surface area contributed by atoms with E-state index < -0.39 is 0 Å². The van der Waals surface area contributed by atoms with E-state index in [4.69, 9.17) is 5.41 Å². The highest BCUT2D eigenvalue weighted by Gasteiger charge is 2.18. The number of rotatable bonds is 0. The highest BCUT2D eigenvalue weighted by molar-refractivity contribution is 5.78. The molecule has 62 valence electrons. The summed E-state index contributed by atoms with van der Waals surface area (Å²) in [6.45, 7) is 6.10. The minimum absolute atomic E-state index is 0.512. The van der Waals surface area contributed by atoms with Crippen molar-refractivity contribution in [3.63, 3.8) is 0 Å². The predicted molar refractivity (Wildman–Crippen MR) is 47.7 cm³/mol. The lowest BCUT2D eigenvalue weighted by atomic mass is 10.1. The fraction of sp³-hybridized carbons (Fsp3) is 0.667. The van der Waals surface area contributed by atoms with Crippen molar-refractivity contribution < 1.29 is 0 Å². The lowest BCUT2D eigenvalue weighted by Gasteiger charge is -2.33. The Kier molecular flexibility index (Phi) is 2.32. The first-order valence-corrected chi connectivity index (χ1v) is 4.14. The van der Waals surface area contributed by atoms with E-state index in [0.717, 1.165) is 6.42 Å². The van der Waals surface area contributed by atoms with Crippen LogP contribution in [0.5, 0.6) is 0 Å². The minimum atomic E-state index is 0.512. The van der Waals surface area contributed by atoms with Gasteiger partial charge in [-0.1, -0.05) is 6.08 Å². The summed E-state index contributed by atoms with van der Waals surface area (Å²) >= 11 is 0. The number of nitrogens with one attached hydrogen (secondary N) is 1. The van der Waals surface area contributed by atoms with Gasteiger partial charge in [0.25, 0.3) is 0 Å². The highest BCUT2D eigenvalue weighted by atomic mass is 15.2. The van der Waals surface area contributed by atoms with Crippen LogP contribution < -0.4 is 0 Å². The normalized spacial score (nSPS) is 24.8. The molecule has 1 unspecified atom stereocenters. The molecule has 1 aliphatic rings. The second kappa shape index (κ2) is 3.07. The molecule has 1 N–H and O–H groups in total. The lowest BCUT2D eigenvalue weighted by molar-refractivity contribution is 0.354. The summed E-state index contributed by atoms with van der Waals surface area (Å²) in [6.07, 6.45) is 4.54. The van der Waals surface area contributed by atoms with Crippen molar-refractivity contribution in [2.45, 2.75) is 39.7 Å². The van der Waals surface area contributed by atoms with Gasteiger partial charge in [-0.2, -0.15) is 0 Å². The maximum atomic E-state index is 7.53. The lowest BCUT2D eigenvalue weighted by Crippen LogP contribution is -2.37. The topological polar surface area (TPSA) is 27.1 Å². The molecule has 0 bridgehead atoms. The summed E-state index contributed by atoms with van der Waals surface area (Å²) in [7, 11) is 0. The Bertz CT molecular complexity index is 194. The van der Waals surface area contributed by atoms with E-state index >= 15 is 0 Å². The van der Waals surface area contributed by atoms with Crippen molar-refractivity contribution >= 4 is 5.84 Å². The summed E-state index contributed by atoms with van der Waals surface area (Å²) < 4.78 is 0. The summed E-state index contributed by atoms with van der Waals surface area (Å²) in [5.41, 5.74) is 1.23. The van der Waals surface area contributed by atoms with Gasteiger partial charge in [0.2, 0.25) is 0 Å². The van der Waals surface area contributed by atoms with Crippen LogP contribution in [0.25, 0.3) is 0 Å². The van der Waals surface area contributed by atoms with Crippen molar-refractivity contribution in [2.24, 2.45) is 0 Å². The van der Waals surface area contributed by atoms with Gasteiger partial charge < -0.3 is 4.90 Å².